The number of allylic oxidation sites excluding steroid dienone is 10. The molecule has 0 aromatic carbocycles. The van der Waals surface area contributed by atoms with Crippen LogP contribution in [0.4, 0.5) is 0 Å². The van der Waals surface area contributed by atoms with Gasteiger partial charge in [0.2, 0.25) is 0 Å². The number of esters is 3. The van der Waals surface area contributed by atoms with Crippen molar-refractivity contribution in [1.29, 1.82) is 0 Å². The lowest BCUT2D eigenvalue weighted by molar-refractivity contribution is -0.167. The summed E-state index contributed by atoms with van der Waals surface area (Å²) in [4.78, 5) is 37.9. The van der Waals surface area contributed by atoms with Crippen LogP contribution in [0.1, 0.15) is 316 Å². The average molecular weight is 994 g/mol. The maximum atomic E-state index is 12.8. The maximum absolute atomic E-state index is 12.8. The number of hydrogen-bond donors (Lipinski definition) is 0. The molecule has 0 aliphatic heterocycles. The van der Waals surface area contributed by atoms with Crippen LogP contribution in [-0.4, -0.2) is 37.2 Å². The molecule has 412 valence electrons. The second kappa shape index (κ2) is 59.7. The Balaban J connectivity index is 4.03. The first-order chi connectivity index (χ1) is 35.0. The standard InChI is InChI=1S/C65H116O6/c1-4-7-10-13-16-18-20-22-24-26-27-28-29-30-31-32-33-34-35-36-37-38-40-41-43-45-47-49-52-55-58-64(67)70-61-62(60-69-63(66)57-54-51-15-12-9-6-3)71-65(68)59-56-53-50-48-46-44-42-39-25-23-21-19-17-14-11-8-5-2/h8,11,17,19,23,25,42,44,48,50,62H,4-7,9-10,12-16,18,20-22,24,26-41,43,45-47,49,51-61H2,1-3H3/b11-8-,19-17-,25-23-,44-42-,50-48-. The van der Waals surface area contributed by atoms with E-state index in [-0.39, 0.29) is 37.5 Å². The Hall–Kier alpha value is -2.89. The van der Waals surface area contributed by atoms with Crippen molar-refractivity contribution < 1.29 is 28.6 Å². The second-order valence-electron chi connectivity index (χ2n) is 20.6. The summed E-state index contributed by atoms with van der Waals surface area (Å²) in [5.41, 5.74) is 0. The van der Waals surface area contributed by atoms with Gasteiger partial charge in [-0.2, -0.15) is 0 Å². The predicted octanol–water partition coefficient (Wildman–Crippen LogP) is 20.8. The molecule has 0 aliphatic carbocycles. The zero-order chi connectivity index (χ0) is 51.4. The normalized spacial score (nSPS) is 12.4. The van der Waals surface area contributed by atoms with Crippen LogP contribution in [0.2, 0.25) is 0 Å². The third-order valence-corrected chi connectivity index (χ3v) is 13.5. The van der Waals surface area contributed by atoms with E-state index in [4.69, 9.17) is 14.2 Å². The van der Waals surface area contributed by atoms with E-state index in [1.807, 2.05) is 0 Å². The second-order valence-corrected chi connectivity index (χ2v) is 20.6. The molecule has 0 N–H and O–H groups in total. The summed E-state index contributed by atoms with van der Waals surface area (Å²) < 4.78 is 16.7. The highest BCUT2D eigenvalue weighted by Gasteiger charge is 2.19. The minimum Gasteiger partial charge on any atom is -0.462 e. The summed E-state index contributed by atoms with van der Waals surface area (Å²) in [5.74, 6) is -0.952. The first kappa shape index (κ1) is 68.1. The lowest BCUT2D eigenvalue weighted by Gasteiger charge is -2.18. The first-order valence-corrected chi connectivity index (χ1v) is 30.8. The van der Waals surface area contributed by atoms with Gasteiger partial charge in [-0.3, -0.25) is 14.4 Å². The van der Waals surface area contributed by atoms with Gasteiger partial charge in [0.05, 0.1) is 0 Å². The largest absolute Gasteiger partial charge is 0.462 e. The molecule has 71 heavy (non-hydrogen) atoms. The molecule has 6 nitrogen and oxygen atoms in total. The minimum absolute atomic E-state index is 0.0940. The van der Waals surface area contributed by atoms with Gasteiger partial charge >= 0.3 is 17.9 Å². The van der Waals surface area contributed by atoms with Crippen LogP contribution < -0.4 is 0 Å². The summed E-state index contributed by atoms with van der Waals surface area (Å²) in [5, 5.41) is 0. The number of carbonyl (C=O) groups is 3. The Morgan fingerprint density at radius 3 is 0.845 bits per heavy atom. The molecule has 0 fully saturated rings. The molecule has 1 atom stereocenters. The zero-order valence-electron chi connectivity index (χ0n) is 47.2. The van der Waals surface area contributed by atoms with E-state index in [9.17, 15) is 14.4 Å². The molecule has 0 aromatic heterocycles. The van der Waals surface area contributed by atoms with Gasteiger partial charge in [0.1, 0.15) is 13.2 Å². The summed E-state index contributed by atoms with van der Waals surface area (Å²) in [6.45, 7) is 6.45. The quantitative estimate of drug-likeness (QED) is 0.0261. The van der Waals surface area contributed by atoms with Gasteiger partial charge in [-0.05, 0) is 57.8 Å². The number of rotatable bonds is 56. The summed E-state index contributed by atoms with van der Waals surface area (Å²) in [6, 6.07) is 0. The SMILES string of the molecule is CC/C=C\C/C=C\C/C=C\C/C=C\C/C=C\CCCC(=O)OC(COC(=O)CCCCCCCC)COC(=O)CCCCCCCCCCCCCCCCCCCCCCCCCCCCCCCC. The number of carbonyl (C=O) groups excluding carboxylic acids is 3. The Morgan fingerprint density at radius 2 is 0.549 bits per heavy atom. The van der Waals surface area contributed by atoms with Gasteiger partial charge in [0.25, 0.3) is 0 Å². The maximum Gasteiger partial charge on any atom is 0.306 e. The summed E-state index contributed by atoms with van der Waals surface area (Å²) >= 11 is 0. The highest BCUT2D eigenvalue weighted by atomic mass is 16.6. The zero-order valence-corrected chi connectivity index (χ0v) is 47.2. The Morgan fingerprint density at radius 1 is 0.296 bits per heavy atom. The van der Waals surface area contributed by atoms with Gasteiger partial charge in [-0.1, -0.05) is 300 Å². The first-order valence-electron chi connectivity index (χ1n) is 30.8. The van der Waals surface area contributed by atoms with Crippen molar-refractivity contribution in [3.8, 4) is 0 Å². The van der Waals surface area contributed by atoms with Crippen LogP contribution in [0.3, 0.4) is 0 Å². The van der Waals surface area contributed by atoms with Crippen LogP contribution in [0.5, 0.6) is 0 Å². The van der Waals surface area contributed by atoms with Crippen LogP contribution in [-0.2, 0) is 28.6 Å². The van der Waals surface area contributed by atoms with E-state index in [1.165, 1.54) is 193 Å². The summed E-state index contributed by atoms with van der Waals surface area (Å²) in [7, 11) is 0. The Labute approximate surface area is 440 Å². The fraction of sp³-hybridized carbons (Fsp3) is 0.800. The van der Waals surface area contributed by atoms with Gasteiger partial charge in [0, 0.05) is 19.3 Å². The van der Waals surface area contributed by atoms with Crippen molar-refractivity contribution in [3.05, 3.63) is 60.8 Å². The van der Waals surface area contributed by atoms with Gasteiger partial charge in [-0.25, -0.2) is 0 Å². The van der Waals surface area contributed by atoms with Gasteiger partial charge in [-0.15, -0.1) is 0 Å². The third-order valence-electron chi connectivity index (χ3n) is 13.5. The molecule has 0 spiro atoms. The molecule has 0 bridgehead atoms. The monoisotopic (exact) mass is 993 g/mol. The molecular formula is C65H116O6. The molecule has 0 saturated heterocycles. The smallest absolute Gasteiger partial charge is 0.306 e. The highest BCUT2D eigenvalue weighted by Crippen LogP contribution is 2.17. The van der Waals surface area contributed by atoms with Crippen molar-refractivity contribution in [3.63, 3.8) is 0 Å². The van der Waals surface area contributed by atoms with E-state index < -0.39 is 6.10 Å². The average Bonchev–Trinajstić information content (AvgIpc) is 3.37. The third kappa shape index (κ3) is 57.9. The molecule has 0 amide bonds. The van der Waals surface area contributed by atoms with E-state index in [2.05, 4.69) is 81.5 Å². The molecule has 6 heteroatoms. The fourth-order valence-electron chi connectivity index (χ4n) is 8.95. The lowest BCUT2D eigenvalue weighted by Crippen LogP contribution is -2.30. The molecule has 0 radical (unpaired) electrons. The predicted molar refractivity (Wildman–Crippen MR) is 307 cm³/mol. The van der Waals surface area contributed by atoms with E-state index >= 15 is 0 Å². The van der Waals surface area contributed by atoms with Gasteiger partial charge < -0.3 is 14.2 Å². The minimum atomic E-state index is -0.799. The number of unbranched alkanes of at least 4 members (excludes halogenated alkanes) is 35. The lowest BCUT2D eigenvalue weighted by atomic mass is 10.0. The Kier molecular flexibility index (Phi) is 57.2. The van der Waals surface area contributed by atoms with Crippen LogP contribution >= 0.6 is 0 Å². The van der Waals surface area contributed by atoms with Gasteiger partial charge in [0.15, 0.2) is 6.10 Å². The van der Waals surface area contributed by atoms with Crippen molar-refractivity contribution in [2.24, 2.45) is 0 Å². The molecule has 0 heterocycles. The molecule has 0 rings (SSSR count). The number of ether oxygens (including phenoxy) is 3. The van der Waals surface area contributed by atoms with Crippen molar-refractivity contribution in [1.82, 2.24) is 0 Å². The molecular weight excluding hydrogens is 877 g/mol. The van der Waals surface area contributed by atoms with Crippen molar-refractivity contribution >= 4 is 17.9 Å². The van der Waals surface area contributed by atoms with Crippen LogP contribution in [0, 0.1) is 0 Å². The molecule has 0 aliphatic rings. The highest BCUT2D eigenvalue weighted by molar-refractivity contribution is 5.71. The van der Waals surface area contributed by atoms with Crippen molar-refractivity contribution in [2.75, 3.05) is 13.2 Å². The van der Waals surface area contributed by atoms with Crippen LogP contribution in [0.25, 0.3) is 0 Å². The van der Waals surface area contributed by atoms with E-state index in [0.29, 0.717) is 19.3 Å². The van der Waals surface area contributed by atoms with Crippen LogP contribution in [0.15, 0.2) is 60.8 Å². The topological polar surface area (TPSA) is 78.9 Å². The fourth-order valence-corrected chi connectivity index (χ4v) is 8.95. The number of hydrogen-bond acceptors (Lipinski definition) is 6. The van der Waals surface area contributed by atoms with E-state index in [0.717, 1.165) is 77.0 Å². The van der Waals surface area contributed by atoms with E-state index in [1.54, 1.807) is 0 Å². The molecule has 0 saturated carbocycles. The molecule has 1 unspecified atom stereocenters. The van der Waals surface area contributed by atoms with Crippen molar-refractivity contribution in [2.45, 2.75) is 322 Å². The summed E-state index contributed by atoms with van der Waals surface area (Å²) in [6.07, 6.45) is 75.8. The Bertz CT molecular complexity index is 1280. The molecule has 0 aromatic rings.